The summed E-state index contributed by atoms with van der Waals surface area (Å²) in [6.07, 6.45) is -0.884. The van der Waals surface area contributed by atoms with E-state index < -0.39 is 30.3 Å². The lowest BCUT2D eigenvalue weighted by molar-refractivity contribution is -0.148. The van der Waals surface area contributed by atoms with E-state index in [4.69, 9.17) is 21.9 Å². The molecule has 1 atom stereocenters. The van der Waals surface area contributed by atoms with Crippen LogP contribution in [0, 0.1) is 5.82 Å². The van der Waals surface area contributed by atoms with Gasteiger partial charge in [-0.2, -0.15) is 0 Å². The van der Waals surface area contributed by atoms with E-state index in [1.54, 1.807) is 30.3 Å². The SMILES string of the molecule is O=C(NN(Cc1ccc(-c2cccc(Cl)c2)c(F)c1)C[C@@H](O)C(=O)O)c1cn(O)nn1. The van der Waals surface area contributed by atoms with Crippen LogP contribution < -0.4 is 5.43 Å². The van der Waals surface area contributed by atoms with Crippen molar-refractivity contribution < 1.29 is 29.4 Å². The molecule has 12 heteroatoms. The summed E-state index contributed by atoms with van der Waals surface area (Å²) in [7, 11) is 0. The van der Waals surface area contributed by atoms with Crippen LogP contribution in [0.5, 0.6) is 0 Å². The van der Waals surface area contributed by atoms with Gasteiger partial charge < -0.3 is 15.4 Å². The van der Waals surface area contributed by atoms with Crippen LogP contribution in [0.1, 0.15) is 16.1 Å². The van der Waals surface area contributed by atoms with Gasteiger partial charge in [0.15, 0.2) is 11.8 Å². The highest BCUT2D eigenvalue weighted by atomic mass is 35.5. The number of carboxylic acids is 1. The Kier molecular flexibility index (Phi) is 6.80. The average molecular weight is 450 g/mol. The number of amides is 1. The maximum absolute atomic E-state index is 14.7. The highest BCUT2D eigenvalue weighted by Gasteiger charge is 2.22. The molecule has 0 aliphatic carbocycles. The van der Waals surface area contributed by atoms with Crippen molar-refractivity contribution in [1.82, 2.24) is 25.6 Å². The Balaban J connectivity index is 1.80. The number of hydrogen-bond acceptors (Lipinski definition) is 7. The molecule has 0 unspecified atom stereocenters. The third-order valence-electron chi connectivity index (χ3n) is 4.20. The van der Waals surface area contributed by atoms with Crippen molar-refractivity contribution in [3.63, 3.8) is 0 Å². The van der Waals surface area contributed by atoms with Crippen molar-refractivity contribution in [2.24, 2.45) is 0 Å². The number of hydrogen-bond donors (Lipinski definition) is 4. The molecule has 2 aromatic carbocycles. The molecule has 31 heavy (non-hydrogen) atoms. The first-order chi connectivity index (χ1) is 14.7. The van der Waals surface area contributed by atoms with Crippen molar-refractivity contribution in [1.29, 1.82) is 0 Å². The molecule has 1 amide bonds. The Morgan fingerprint density at radius 2 is 2.03 bits per heavy atom. The Hall–Kier alpha value is -3.54. The monoisotopic (exact) mass is 449 g/mol. The molecule has 0 spiro atoms. The maximum atomic E-state index is 14.7. The van der Waals surface area contributed by atoms with E-state index in [9.17, 15) is 19.1 Å². The molecule has 4 N–H and O–H groups in total. The van der Waals surface area contributed by atoms with Gasteiger partial charge in [-0.15, -0.1) is 5.10 Å². The van der Waals surface area contributed by atoms with Gasteiger partial charge in [0.25, 0.3) is 5.91 Å². The number of aliphatic hydroxyl groups excluding tert-OH is 1. The molecule has 0 fully saturated rings. The molecule has 1 aromatic heterocycles. The minimum atomic E-state index is -1.82. The van der Waals surface area contributed by atoms with Gasteiger partial charge in [0.2, 0.25) is 0 Å². The minimum absolute atomic E-state index is 0.129. The number of rotatable bonds is 8. The summed E-state index contributed by atoms with van der Waals surface area (Å²) in [5.41, 5.74) is 3.39. The lowest BCUT2D eigenvalue weighted by atomic mass is 10.0. The number of aliphatic carboxylic acids is 1. The molecule has 3 rings (SSSR count). The second-order valence-electron chi connectivity index (χ2n) is 6.52. The van der Waals surface area contributed by atoms with Gasteiger partial charge in [-0.3, -0.25) is 10.2 Å². The first-order valence-electron chi connectivity index (χ1n) is 8.85. The molecule has 0 radical (unpaired) electrons. The Bertz CT molecular complexity index is 1110. The molecular weight excluding hydrogens is 433 g/mol. The van der Waals surface area contributed by atoms with Crippen LogP contribution in [0.25, 0.3) is 11.1 Å². The molecule has 1 heterocycles. The van der Waals surface area contributed by atoms with E-state index in [0.29, 0.717) is 26.6 Å². The summed E-state index contributed by atoms with van der Waals surface area (Å²) in [6.45, 7) is -0.623. The van der Waals surface area contributed by atoms with Crippen molar-refractivity contribution in [2.45, 2.75) is 12.6 Å². The number of nitrogens with zero attached hydrogens (tertiary/aromatic N) is 4. The number of aromatic nitrogens is 3. The van der Waals surface area contributed by atoms with Gasteiger partial charge in [0.05, 0.1) is 12.7 Å². The fourth-order valence-electron chi connectivity index (χ4n) is 2.76. The molecular formula is C19H17ClFN5O5. The summed E-state index contributed by atoms with van der Waals surface area (Å²) in [5.74, 6) is -2.86. The largest absolute Gasteiger partial charge is 0.479 e. The van der Waals surface area contributed by atoms with Crippen LogP contribution in [0.15, 0.2) is 48.7 Å². The van der Waals surface area contributed by atoms with E-state index in [2.05, 4.69) is 15.7 Å². The van der Waals surface area contributed by atoms with Gasteiger partial charge in [-0.05, 0) is 34.5 Å². The van der Waals surface area contributed by atoms with E-state index in [1.807, 2.05) is 0 Å². The third kappa shape index (κ3) is 5.75. The van der Waals surface area contributed by atoms with Gasteiger partial charge in [-0.1, -0.05) is 40.7 Å². The molecule has 3 aromatic rings. The Morgan fingerprint density at radius 1 is 1.26 bits per heavy atom. The second kappa shape index (κ2) is 9.51. The predicted octanol–water partition coefficient (Wildman–Crippen LogP) is 1.57. The Labute approximate surface area is 180 Å². The predicted molar refractivity (Wildman–Crippen MR) is 106 cm³/mol. The topological polar surface area (TPSA) is 141 Å². The summed E-state index contributed by atoms with van der Waals surface area (Å²) in [4.78, 5) is 23.6. The summed E-state index contributed by atoms with van der Waals surface area (Å²) < 4.78 is 14.7. The summed E-state index contributed by atoms with van der Waals surface area (Å²) in [6, 6.07) is 11.0. The number of carbonyl (C=O) groups is 2. The normalized spacial score (nSPS) is 12.0. The van der Waals surface area contributed by atoms with Gasteiger partial charge in [0, 0.05) is 17.1 Å². The molecule has 0 aliphatic rings. The average Bonchev–Trinajstić information content (AvgIpc) is 3.14. The summed E-state index contributed by atoms with van der Waals surface area (Å²) in [5, 5.41) is 36.0. The summed E-state index contributed by atoms with van der Waals surface area (Å²) >= 11 is 5.95. The van der Waals surface area contributed by atoms with E-state index in [0.717, 1.165) is 11.2 Å². The highest BCUT2D eigenvalue weighted by molar-refractivity contribution is 6.30. The van der Waals surface area contributed by atoms with E-state index >= 15 is 0 Å². The Morgan fingerprint density at radius 3 is 2.65 bits per heavy atom. The minimum Gasteiger partial charge on any atom is -0.479 e. The van der Waals surface area contributed by atoms with Gasteiger partial charge in [0.1, 0.15) is 5.82 Å². The van der Waals surface area contributed by atoms with Crippen LogP contribution in [0.3, 0.4) is 0 Å². The second-order valence-corrected chi connectivity index (χ2v) is 6.96. The fourth-order valence-corrected chi connectivity index (χ4v) is 2.95. The van der Waals surface area contributed by atoms with Crippen LogP contribution in [-0.2, 0) is 11.3 Å². The maximum Gasteiger partial charge on any atom is 0.333 e. The number of halogens is 2. The van der Waals surface area contributed by atoms with Crippen molar-refractivity contribution in [3.8, 4) is 11.1 Å². The highest BCUT2D eigenvalue weighted by Crippen LogP contribution is 2.26. The first-order valence-corrected chi connectivity index (χ1v) is 9.23. The smallest absolute Gasteiger partial charge is 0.333 e. The van der Waals surface area contributed by atoms with Crippen LogP contribution >= 0.6 is 11.6 Å². The number of benzene rings is 2. The first kappa shape index (κ1) is 22.2. The number of carboxylic acid groups (broad SMARTS) is 1. The zero-order valence-corrected chi connectivity index (χ0v) is 16.6. The molecule has 162 valence electrons. The van der Waals surface area contributed by atoms with Crippen LogP contribution in [-0.4, -0.2) is 60.1 Å². The van der Waals surface area contributed by atoms with Gasteiger partial charge >= 0.3 is 5.97 Å². The number of nitrogens with one attached hydrogen (secondary N) is 1. The van der Waals surface area contributed by atoms with Crippen LogP contribution in [0.2, 0.25) is 5.02 Å². The number of hydrazine groups is 1. The van der Waals surface area contributed by atoms with Crippen molar-refractivity contribution in [3.05, 3.63) is 70.8 Å². The standard InChI is InChI=1S/C19H17ClFN5O5/c20-13-3-1-2-12(7-13)14-5-4-11(6-15(14)21)8-25(10-17(27)19(29)30)23-18(28)16-9-26(31)24-22-16/h1-7,9,17,27,31H,8,10H2,(H,23,28)(H,29,30)/t17-/m1/s1. The molecule has 0 saturated heterocycles. The lowest BCUT2D eigenvalue weighted by Gasteiger charge is -2.24. The third-order valence-corrected chi connectivity index (χ3v) is 4.43. The quantitative estimate of drug-likeness (QED) is 0.300. The lowest BCUT2D eigenvalue weighted by Crippen LogP contribution is -2.47. The number of aliphatic hydroxyl groups is 1. The molecule has 0 saturated carbocycles. The zero-order chi connectivity index (χ0) is 22.5. The fraction of sp³-hybridized carbons (Fsp3) is 0.158. The number of carbonyl (C=O) groups excluding carboxylic acids is 1. The zero-order valence-electron chi connectivity index (χ0n) is 15.8. The van der Waals surface area contributed by atoms with Crippen LogP contribution in [0.4, 0.5) is 4.39 Å². The molecule has 0 bridgehead atoms. The van der Waals surface area contributed by atoms with Gasteiger partial charge in [-0.25, -0.2) is 14.2 Å². The molecule has 10 nitrogen and oxygen atoms in total. The van der Waals surface area contributed by atoms with Crippen molar-refractivity contribution in [2.75, 3.05) is 6.54 Å². The molecule has 0 aliphatic heterocycles. The van der Waals surface area contributed by atoms with E-state index in [1.165, 1.54) is 12.1 Å². The van der Waals surface area contributed by atoms with E-state index in [-0.39, 0.29) is 12.2 Å². The van der Waals surface area contributed by atoms with Crippen molar-refractivity contribution >= 4 is 23.5 Å².